The lowest BCUT2D eigenvalue weighted by Crippen LogP contribution is -2.79. The number of hydrogen-bond donors (Lipinski definition) is 1. The maximum absolute atomic E-state index is 15.7. The van der Waals surface area contributed by atoms with Gasteiger partial charge in [0, 0.05) is 12.5 Å². The summed E-state index contributed by atoms with van der Waals surface area (Å²) in [7, 11) is 0. The van der Waals surface area contributed by atoms with Crippen molar-refractivity contribution >= 4 is 35.4 Å². The Labute approximate surface area is 358 Å². The van der Waals surface area contributed by atoms with Crippen LogP contribution in [-0.2, 0) is 25.0 Å². The summed E-state index contributed by atoms with van der Waals surface area (Å²) in [5, 5.41) is 1.07. The second-order valence-corrected chi connectivity index (χ2v) is 13.1. The van der Waals surface area contributed by atoms with E-state index in [9.17, 15) is 147 Å². The third-order valence-electron chi connectivity index (χ3n) is 8.80. The van der Waals surface area contributed by atoms with Crippen LogP contribution in [0.4, 0.5) is 156 Å². The van der Waals surface area contributed by atoms with Crippen LogP contribution in [0.3, 0.4) is 0 Å². The average molecular weight is 1110 g/mol. The second-order valence-electron chi connectivity index (χ2n) is 13.1. The molecule has 1 aromatic carbocycles. The zero-order valence-electron chi connectivity index (χ0n) is 31.7. The SMILES string of the molecule is CC(=O)OCNC(=O)c1c(N=C=O)cc(N=C=O)c(C)c1C(F)(F)C(F)(F)C(F)(F)C(F)(F)C(F)(F)C(F)(F)C(F)(F)C(F)(F)C(F)(F)C(F)(F)C(F)(F)C(F)(F)C(F)(F)C(F)(F)C(F)(F)C(F)(F)F. The van der Waals surface area contributed by atoms with Gasteiger partial charge < -0.3 is 10.1 Å². The lowest BCUT2D eigenvalue weighted by atomic mass is 9.81. The van der Waals surface area contributed by atoms with Crippen LogP contribution in [-0.4, -0.2) is 120 Å². The van der Waals surface area contributed by atoms with Crippen molar-refractivity contribution in [2.75, 3.05) is 6.73 Å². The molecular formula is C29H10F33N3O5. The predicted molar refractivity (Wildman–Crippen MR) is 150 cm³/mol. The van der Waals surface area contributed by atoms with E-state index < -0.39 is 142 Å². The van der Waals surface area contributed by atoms with Gasteiger partial charge in [-0.25, -0.2) is 9.59 Å². The topological polar surface area (TPSA) is 114 Å². The normalized spacial score (nSPS) is 15.2. The molecule has 0 aliphatic heterocycles. The van der Waals surface area contributed by atoms with Crippen LogP contribution < -0.4 is 5.32 Å². The molecule has 0 unspecified atom stereocenters. The van der Waals surface area contributed by atoms with Crippen molar-refractivity contribution in [1.29, 1.82) is 0 Å². The quantitative estimate of drug-likeness (QED) is 0.0459. The molecule has 0 spiro atoms. The number of aliphatic imine (C=N–C) groups is 2. The molecule has 1 rings (SSSR count). The van der Waals surface area contributed by atoms with E-state index in [4.69, 9.17) is 0 Å². The van der Waals surface area contributed by atoms with Gasteiger partial charge in [-0.3, -0.25) is 9.59 Å². The molecule has 0 aliphatic rings. The molecule has 0 saturated carbocycles. The highest BCUT2D eigenvalue weighted by Gasteiger charge is 3.02. The molecule has 0 saturated heterocycles. The lowest BCUT2D eigenvalue weighted by molar-refractivity contribution is -0.491. The fraction of sp³-hybridized carbons (Fsp3) is 0.655. The third kappa shape index (κ3) is 8.07. The van der Waals surface area contributed by atoms with Crippen LogP contribution in [0, 0.1) is 6.92 Å². The number of halogens is 33. The molecule has 8 nitrogen and oxygen atoms in total. The maximum Gasteiger partial charge on any atom is 0.460 e. The van der Waals surface area contributed by atoms with Gasteiger partial charge in [-0.2, -0.15) is 155 Å². The Hall–Kier alpha value is -5.39. The van der Waals surface area contributed by atoms with E-state index in [1.807, 2.05) is 0 Å². The van der Waals surface area contributed by atoms with Crippen molar-refractivity contribution in [3.8, 4) is 0 Å². The second kappa shape index (κ2) is 17.4. The van der Waals surface area contributed by atoms with Gasteiger partial charge >= 0.3 is 101 Å². The highest BCUT2D eigenvalue weighted by molar-refractivity contribution is 6.02. The zero-order valence-corrected chi connectivity index (χ0v) is 31.7. The van der Waals surface area contributed by atoms with E-state index in [1.165, 1.54) is 0 Å². The van der Waals surface area contributed by atoms with E-state index in [1.54, 1.807) is 0 Å². The van der Waals surface area contributed by atoms with Crippen molar-refractivity contribution in [1.82, 2.24) is 5.32 Å². The number of hydrogen-bond acceptors (Lipinski definition) is 7. The third-order valence-corrected chi connectivity index (χ3v) is 8.80. The van der Waals surface area contributed by atoms with Crippen molar-refractivity contribution in [3.63, 3.8) is 0 Å². The van der Waals surface area contributed by atoms with E-state index >= 15 is 17.6 Å². The summed E-state index contributed by atoms with van der Waals surface area (Å²) >= 11 is 0. The Balaban J connectivity index is 4.34. The molecule has 70 heavy (non-hydrogen) atoms. The Kier molecular flexibility index (Phi) is 15.6. The van der Waals surface area contributed by atoms with Crippen molar-refractivity contribution in [2.45, 2.75) is 109 Å². The van der Waals surface area contributed by atoms with Gasteiger partial charge in [0.1, 0.15) is 0 Å². The van der Waals surface area contributed by atoms with Crippen LogP contribution in [0.2, 0.25) is 0 Å². The molecule has 41 heteroatoms. The zero-order chi connectivity index (χ0) is 56.7. The molecule has 0 atom stereocenters. The molecule has 0 heterocycles. The van der Waals surface area contributed by atoms with Crippen LogP contribution in [0.1, 0.15) is 28.4 Å². The van der Waals surface area contributed by atoms with Gasteiger partial charge in [0.25, 0.3) is 5.91 Å². The number of rotatable bonds is 20. The molecule has 0 radical (unpaired) electrons. The van der Waals surface area contributed by atoms with Crippen molar-refractivity contribution in [2.24, 2.45) is 9.98 Å². The molecule has 1 N–H and O–H groups in total. The highest BCUT2D eigenvalue weighted by atomic mass is 19.4. The van der Waals surface area contributed by atoms with Gasteiger partial charge in [0.05, 0.1) is 16.9 Å². The molecule has 0 aromatic heterocycles. The summed E-state index contributed by atoms with van der Waals surface area (Å²) in [5.74, 6) is -151. The number of nitrogens with zero attached hydrogens (tertiary/aromatic N) is 2. The fourth-order valence-electron chi connectivity index (χ4n) is 4.87. The molecule has 0 bridgehead atoms. The molecule has 0 fully saturated rings. The first-order chi connectivity index (χ1) is 30.4. The number of nitrogens with one attached hydrogen (secondary N) is 1. The minimum Gasteiger partial charge on any atom is -0.445 e. The van der Waals surface area contributed by atoms with Crippen LogP contribution in [0.5, 0.6) is 0 Å². The van der Waals surface area contributed by atoms with E-state index in [0.717, 1.165) is 5.32 Å². The first-order valence-corrected chi connectivity index (χ1v) is 15.9. The maximum atomic E-state index is 15.7. The summed E-state index contributed by atoms with van der Waals surface area (Å²) < 4.78 is 470. The summed E-state index contributed by atoms with van der Waals surface area (Å²) in [4.78, 5) is 50.0. The number of esters is 1. The standard InChI is InChI=1S/C29H10F33N3O5/c1-7-9(63-4-66)3-10(64-5-67)11(13(69)65-6-70-8(2)68)12(7)14(30,31)15(32,33)16(34,35)17(36,37)18(38,39)19(40,41)20(42,43)21(44,45)22(46,47)23(48,49)24(50,51)25(52,53)26(54,55)27(56,57)28(58,59)29(60,61)62/h3H,6H2,1-2H3,(H,65,69). The van der Waals surface area contributed by atoms with Crippen LogP contribution in [0.15, 0.2) is 16.1 Å². The van der Waals surface area contributed by atoms with Gasteiger partial charge in [-0.15, -0.1) is 0 Å². The van der Waals surface area contributed by atoms with E-state index in [0.29, 0.717) is 13.0 Å². The Morgan fingerprint density at radius 1 is 0.457 bits per heavy atom. The van der Waals surface area contributed by atoms with Gasteiger partial charge in [0.15, 0.2) is 6.73 Å². The molecular weight excluding hydrogens is 1100 g/mol. The van der Waals surface area contributed by atoms with Gasteiger partial charge in [-0.05, 0) is 18.6 Å². The molecule has 1 aromatic rings. The Bertz CT molecular complexity index is 2290. The molecule has 0 aliphatic carbocycles. The molecule has 1 amide bonds. The van der Waals surface area contributed by atoms with Gasteiger partial charge in [-0.1, -0.05) is 0 Å². The number of benzene rings is 1. The van der Waals surface area contributed by atoms with Gasteiger partial charge in [0.2, 0.25) is 12.2 Å². The molecule has 402 valence electrons. The fourth-order valence-corrected chi connectivity index (χ4v) is 4.87. The summed E-state index contributed by atoms with van der Waals surface area (Å²) in [6.07, 6.45) is -7.84. The van der Waals surface area contributed by atoms with E-state index in [2.05, 4.69) is 14.7 Å². The Morgan fingerprint density at radius 2 is 0.714 bits per heavy atom. The van der Waals surface area contributed by atoms with Crippen molar-refractivity contribution < 1.29 is 169 Å². The van der Waals surface area contributed by atoms with E-state index in [-0.39, 0.29) is 19.1 Å². The number of isocyanates is 2. The number of carbonyl (C=O) groups excluding carboxylic acids is 4. The largest absolute Gasteiger partial charge is 0.460 e. The number of amides is 1. The first-order valence-electron chi connectivity index (χ1n) is 15.9. The summed E-state index contributed by atoms with van der Waals surface area (Å²) in [5.41, 5.74) is -12.3. The monoisotopic (exact) mass is 1110 g/mol. The van der Waals surface area contributed by atoms with Crippen LogP contribution in [0.25, 0.3) is 0 Å². The number of alkyl halides is 33. The lowest BCUT2D eigenvalue weighted by Gasteiger charge is -2.47. The smallest absolute Gasteiger partial charge is 0.445 e. The number of carbonyl (C=O) groups is 2. The van der Waals surface area contributed by atoms with Crippen LogP contribution >= 0.6 is 0 Å². The van der Waals surface area contributed by atoms with Crippen molar-refractivity contribution in [3.05, 3.63) is 22.8 Å². The highest BCUT2D eigenvalue weighted by Crippen LogP contribution is 2.70. The number of ether oxygens (including phenoxy) is 1. The first kappa shape index (κ1) is 62.6. The minimum absolute atomic E-state index is 0.198. The Morgan fingerprint density at radius 3 is 0.971 bits per heavy atom. The summed E-state index contributed by atoms with van der Waals surface area (Å²) in [6.45, 7) is -1.49. The summed E-state index contributed by atoms with van der Waals surface area (Å²) in [6, 6.07) is -0.198. The predicted octanol–water partition coefficient (Wildman–Crippen LogP) is 11.7. The minimum atomic E-state index is -10.4. The average Bonchev–Trinajstić information content (AvgIpc) is 3.17.